The summed E-state index contributed by atoms with van der Waals surface area (Å²) < 4.78 is 0. The third-order valence-electron chi connectivity index (χ3n) is 4.50. The lowest BCUT2D eigenvalue weighted by Gasteiger charge is -2.15. The molecule has 0 aliphatic heterocycles. The first-order valence-corrected chi connectivity index (χ1v) is 6.82. The van der Waals surface area contributed by atoms with Gasteiger partial charge in [0.25, 0.3) is 0 Å². The first-order chi connectivity index (χ1) is 8.66. The molecule has 3 unspecified atom stereocenters. The second-order valence-corrected chi connectivity index (χ2v) is 5.68. The lowest BCUT2D eigenvalue weighted by molar-refractivity contribution is -0.123. The first kappa shape index (κ1) is 11.6. The molecule has 96 valence electrons. The number of nitrogens with one attached hydrogen (secondary N) is 1. The van der Waals surface area contributed by atoms with Crippen LogP contribution in [0.3, 0.4) is 0 Å². The minimum atomic E-state index is 0.0689. The standard InChI is InChI=1S/C15H20N2O/c1-9(10-5-7-11(16)8-6-10)17-15(18)14-12-3-2-4-13(12)14/h5-9,12-14H,2-4,16H2,1H3,(H,17,18). The number of carbonyl (C=O) groups is 1. The van der Waals surface area contributed by atoms with E-state index in [1.165, 1.54) is 19.3 Å². The highest BCUT2D eigenvalue weighted by molar-refractivity contribution is 5.82. The van der Waals surface area contributed by atoms with Crippen LogP contribution in [0.1, 0.15) is 37.8 Å². The van der Waals surface area contributed by atoms with Gasteiger partial charge in [0.05, 0.1) is 6.04 Å². The predicted molar refractivity (Wildman–Crippen MR) is 71.7 cm³/mol. The molecular formula is C15H20N2O. The third kappa shape index (κ3) is 1.98. The van der Waals surface area contributed by atoms with Crippen LogP contribution in [0.15, 0.2) is 24.3 Å². The van der Waals surface area contributed by atoms with Crippen LogP contribution in [0.2, 0.25) is 0 Å². The molecule has 0 radical (unpaired) electrons. The Bertz CT molecular complexity index is 444. The summed E-state index contributed by atoms with van der Waals surface area (Å²) in [5.41, 5.74) is 7.53. The number of nitrogen functional groups attached to an aromatic ring is 1. The van der Waals surface area contributed by atoms with Gasteiger partial charge in [-0.3, -0.25) is 4.79 Å². The minimum absolute atomic E-state index is 0.0689. The fourth-order valence-electron chi connectivity index (χ4n) is 3.39. The van der Waals surface area contributed by atoms with Crippen molar-refractivity contribution in [2.75, 3.05) is 5.73 Å². The predicted octanol–water partition coefficient (Wildman–Crippen LogP) is 2.49. The molecule has 1 aromatic carbocycles. The fourth-order valence-corrected chi connectivity index (χ4v) is 3.39. The number of rotatable bonds is 3. The lowest BCUT2D eigenvalue weighted by atomic mass is 10.1. The van der Waals surface area contributed by atoms with Crippen molar-refractivity contribution in [3.63, 3.8) is 0 Å². The van der Waals surface area contributed by atoms with Gasteiger partial charge >= 0.3 is 0 Å². The molecule has 0 heterocycles. The number of amides is 1. The Morgan fingerprint density at radius 1 is 1.28 bits per heavy atom. The molecule has 2 aliphatic rings. The number of fused-ring (bicyclic) bond motifs is 1. The molecule has 3 heteroatoms. The summed E-state index contributed by atoms with van der Waals surface area (Å²) in [5, 5.41) is 3.13. The molecule has 0 aromatic heterocycles. The summed E-state index contributed by atoms with van der Waals surface area (Å²) in [6, 6.07) is 7.79. The smallest absolute Gasteiger partial charge is 0.224 e. The van der Waals surface area contributed by atoms with Crippen LogP contribution in [-0.2, 0) is 4.79 Å². The molecule has 18 heavy (non-hydrogen) atoms. The normalized spacial score (nSPS) is 30.6. The van der Waals surface area contributed by atoms with Crippen LogP contribution >= 0.6 is 0 Å². The number of carbonyl (C=O) groups excluding carboxylic acids is 1. The molecule has 1 aromatic rings. The fraction of sp³-hybridized carbons (Fsp3) is 0.533. The van der Waals surface area contributed by atoms with Crippen molar-refractivity contribution < 1.29 is 4.79 Å². The van der Waals surface area contributed by atoms with E-state index in [0.29, 0.717) is 17.8 Å². The van der Waals surface area contributed by atoms with Crippen LogP contribution in [0.5, 0.6) is 0 Å². The molecular weight excluding hydrogens is 224 g/mol. The average Bonchev–Trinajstić information content (AvgIpc) is 2.84. The summed E-state index contributed by atoms with van der Waals surface area (Å²) >= 11 is 0. The Balaban J connectivity index is 1.59. The van der Waals surface area contributed by atoms with Gasteiger partial charge in [-0.1, -0.05) is 18.6 Å². The molecule has 2 aliphatic carbocycles. The maximum absolute atomic E-state index is 12.1. The molecule has 2 fully saturated rings. The lowest BCUT2D eigenvalue weighted by Crippen LogP contribution is -2.29. The summed E-state index contributed by atoms with van der Waals surface area (Å²) in [6.45, 7) is 2.03. The first-order valence-electron chi connectivity index (χ1n) is 6.82. The van der Waals surface area contributed by atoms with Gasteiger partial charge in [-0.2, -0.15) is 0 Å². The van der Waals surface area contributed by atoms with Crippen LogP contribution in [0.4, 0.5) is 5.69 Å². The molecule has 3 N–H and O–H groups in total. The highest BCUT2D eigenvalue weighted by atomic mass is 16.2. The van der Waals surface area contributed by atoms with E-state index in [1.54, 1.807) is 0 Å². The second kappa shape index (κ2) is 4.30. The largest absolute Gasteiger partial charge is 0.399 e. The van der Waals surface area contributed by atoms with Crippen LogP contribution in [-0.4, -0.2) is 5.91 Å². The molecule has 3 rings (SSSR count). The zero-order valence-corrected chi connectivity index (χ0v) is 10.7. The topological polar surface area (TPSA) is 55.1 Å². The van der Waals surface area contributed by atoms with Crippen molar-refractivity contribution in [3.05, 3.63) is 29.8 Å². The van der Waals surface area contributed by atoms with Crippen LogP contribution in [0, 0.1) is 17.8 Å². The van der Waals surface area contributed by atoms with Gasteiger partial charge in [0.2, 0.25) is 5.91 Å². The monoisotopic (exact) mass is 244 g/mol. The highest BCUT2D eigenvalue weighted by Crippen LogP contribution is 2.57. The number of nitrogens with two attached hydrogens (primary N) is 1. The van der Waals surface area contributed by atoms with E-state index in [1.807, 2.05) is 31.2 Å². The molecule has 0 saturated heterocycles. The van der Waals surface area contributed by atoms with E-state index in [9.17, 15) is 4.79 Å². The maximum Gasteiger partial charge on any atom is 0.224 e. The van der Waals surface area contributed by atoms with Gasteiger partial charge in [0.15, 0.2) is 0 Å². The molecule has 3 nitrogen and oxygen atoms in total. The zero-order chi connectivity index (χ0) is 12.7. The highest BCUT2D eigenvalue weighted by Gasteiger charge is 2.56. The van der Waals surface area contributed by atoms with Crippen LogP contribution in [0.25, 0.3) is 0 Å². The third-order valence-corrected chi connectivity index (χ3v) is 4.50. The maximum atomic E-state index is 12.1. The van der Waals surface area contributed by atoms with Gasteiger partial charge in [-0.15, -0.1) is 0 Å². The van der Waals surface area contributed by atoms with Crippen molar-refractivity contribution in [1.29, 1.82) is 0 Å². The van der Waals surface area contributed by atoms with Crippen molar-refractivity contribution in [3.8, 4) is 0 Å². The van der Waals surface area contributed by atoms with Gasteiger partial charge in [0.1, 0.15) is 0 Å². The minimum Gasteiger partial charge on any atom is -0.399 e. The SMILES string of the molecule is CC(NC(=O)C1C2CCCC21)c1ccc(N)cc1. The van der Waals surface area contributed by atoms with Gasteiger partial charge in [0, 0.05) is 11.6 Å². The van der Waals surface area contributed by atoms with E-state index in [2.05, 4.69) is 5.32 Å². The second-order valence-electron chi connectivity index (χ2n) is 5.68. The Morgan fingerprint density at radius 2 is 1.89 bits per heavy atom. The molecule has 0 bridgehead atoms. The van der Waals surface area contributed by atoms with Gasteiger partial charge in [-0.05, 0) is 49.3 Å². The Labute approximate surface area is 108 Å². The van der Waals surface area contributed by atoms with E-state index >= 15 is 0 Å². The van der Waals surface area contributed by atoms with E-state index in [-0.39, 0.29) is 11.9 Å². The zero-order valence-electron chi connectivity index (χ0n) is 10.7. The molecule has 0 spiro atoms. The average molecular weight is 244 g/mol. The van der Waals surface area contributed by atoms with Crippen molar-refractivity contribution in [1.82, 2.24) is 5.32 Å². The van der Waals surface area contributed by atoms with Gasteiger partial charge in [-0.25, -0.2) is 0 Å². The van der Waals surface area contributed by atoms with E-state index in [4.69, 9.17) is 5.73 Å². The summed E-state index contributed by atoms with van der Waals surface area (Å²) in [6.07, 6.45) is 3.81. The Morgan fingerprint density at radius 3 is 2.50 bits per heavy atom. The van der Waals surface area contributed by atoms with Crippen molar-refractivity contribution >= 4 is 11.6 Å². The molecule has 2 saturated carbocycles. The number of hydrogen-bond acceptors (Lipinski definition) is 2. The van der Waals surface area contributed by atoms with Gasteiger partial charge < -0.3 is 11.1 Å². The molecule has 1 amide bonds. The summed E-state index contributed by atoms with van der Waals surface area (Å²) in [7, 11) is 0. The number of benzene rings is 1. The summed E-state index contributed by atoms with van der Waals surface area (Å²) in [4.78, 5) is 12.1. The Hall–Kier alpha value is -1.51. The quantitative estimate of drug-likeness (QED) is 0.803. The van der Waals surface area contributed by atoms with Crippen molar-refractivity contribution in [2.45, 2.75) is 32.2 Å². The van der Waals surface area contributed by atoms with E-state index < -0.39 is 0 Å². The number of hydrogen-bond donors (Lipinski definition) is 2. The Kier molecular flexibility index (Phi) is 2.77. The number of anilines is 1. The summed E-state index contributed by atoms with van der Waals surface area (Å²) in [5.74, 6) is 1.91. The molecule has 3 atom stereocenters. The van der Waals surface area contributed by atoms with Crippen LogP contribution < -0.4 is 11.1 Å². The van der Waals surface area contributed by atoms with E-state index in [0.717, 1.165) is 11.3 Å². The van der Waals surface area contributed by atoms with Crippen molar-refractivity contribution in [2.24, 2.45) is 17.8 Å².